The van der Waals surface area contributed by atoms with E-state index in [1.54, 1.807) is 18.2 Å². The van der Waals surface area contributed by atoms with Crippen LogP contribution in [0.15, 0.2) is 42.5 Å². The van der Waals surface area contributed by atoms with E-state index in [2.05, 4.69) is 26.0 Å². The fourth-order valence-electron chi connectivity index (χ4n) is 6.01. The number of rotatable bonds is 11. The molecular formula is C33H38O6. The Bertz CT molecular complexity index is 1340. The number of esters is 1. The van der Waals surface area contributed by atoms with Gasteiger partial charge in [0.15, 0.2) is 5.60 Å². The molecule has 0 bridgehead atoms. The summed E-state index contributed by atoms with van der Waals surface area (Å²) in [7, 11) is 0. The average molecular weight is 531 g/mol. The molecule has 1 aliphatic rings. The van der Waals surface area contributed by atoms with E-state index in [9.17, 15) is 24.9 Å². The van der Waals surface area contributed by atoms with Crippen molar-refractivity contribution in [1.29, 1.82) is 0 Å². The Morgan fingerprint density at radius 2 is 1.23 bits per heavy atom. The maximum atomic E-state index is 13.5. The molecule has 6 nitrogen and oxygen atoms in total. The summed E-state index contributed by atoms with van der Waals surface area (Å²) < 4.78 is 6.31. The minimum atomic E-state index is -1.64. The van der Waals surface area contributed by atoms with Crippen LogP contribution in [0, 0.1) is 0 Å². The van der Waals surface area contributed by atoms with Gasteiger partial charge in [0.25, 0.3) is 0 Å². The number of carboxylic acids is 1. The molecule has 4 rings (SSSR count). The zero-order valence-corrected chi connectivity index (χ0v) is 23.3. The number of carbonyl (C=O) groups excluding carboxylic acids is 1. The highest BCUT2D eigenvalue weighted by molar-refractivity contribution is 6.00. The molecule has 3 aromatic rings. The summed E-state index contributed by atoms with van der Waals surface area (Å²) in [5.41, 5.74) is 3.37. The monoisotopic (exact) mass is 530 g/mol. The largest absolute Gasteiger partial charge is 0.507 e. The highest BCUT2D eigenvalue weighted by atomic mass is 16.6. The molecule has 3 N–H and O–H groups in total. The van der Waals surface area contributed by atoms with Gasteiger partial charge in [0.2, 0.25) is 0 Å². The third-order valence-electron chi connectivity index (χ3n) is 7.45. The second kappa shape index (κ2) is 11.5. The number of hydrogen-bond donors (Lipinski definition) is 3. The van der Waals surface area contributed by atoms with Crippen LogP contribution in [0.4, 0.5) is 0 Å². The van der Waals surface area contributed by atoms with E-state index in [0.717, 1.165) is 60.8 Å². The molecule has 1 aliphatic heterocycles. The van der Waals surface area contributed by atoms with Gasteiger partial charge in [0.05, 0.1) is 11.1 Å². The van der Waals surface area contributed by atoms with Gasteiger partial charge in [-0.05, 0) is 72.2 Å². The second-order valence-corrected chi connectivity index (χ2v) is 10.4. The van der Waals surface area contributed by atoms with Crippen molar-refractivity contribution in [2.45, 2.75) is 84.7 Å². The summed E-state index contributed by atoms with van der Waals surface area (Å²) in [6.07, 6.45) is 6.22. The van der Waals surface area contributed by atoms with Gasteiger partial charge in [0, 0.05) is 16.7 Å². The Balaban J connectivity index is 2.17. The molecular weight excluding hydrogens is 492 g/mol. The molecule has 0 unspecified atom stereocenters. The Kier molecular flexibility index (Phi) is 8.34. The SMILES string of the molecule is CCCc1cc(O)c(C2(c3c(O)cc(CCC)cc3CCC)OC(=O)c3cc(C(=O)O)ccc32)c(CCC)c1. The van der Waals surface area contributed by atoms with Crippen LogP contribution in [0.25, 0.3) is 0 Å². The molecule has 0 radical (unpaired) electrons. The van der Waals surface area contributed by atoms with E-state index in [0.29, 0.717) is 29.5 Å². The van der Waals surface area contributed by atoms with E-state index in [1.165, 1.54) is 12.1 Å². The number of aromatic carboxylic acids is 1. The van der Waals surface area contributed by atoms with Crippen LogP contribution in [0.2, 0.25) is 0 Å². The molecule has 39 heavy (non-hydrogen) atoms. The van der Waals surface area contributed by atoms with Crippen molar-refractivity contribution < 1.29 is 29.6 Å². The molecule has 0 amide bonds. The lowest BCUT2D eigenvalue weighted by Gasteiger charge is -2.35. The number of cyclic esters (lactones) is 1. The predicted octanol–water partition coefficient (Wildman–Crippen LogP) is 7.07. The van der Waals surface area contributed by atoms with Gasteiger partial charge in [-0.3, -0.25) is 0 Å². The van der Waals surface area contributed by atoms with Crippen molar-refractivity contribution in [2.75, 3.05) is 0 Å². The van der Waals surface area contributed by atoms with Crippen molar-refractivity contribution in [3.8, 4) is 11.5 Å². The molecule has 6 heteroatoms. The van der Waals surface area contributed by atoms with Crippen LogP contribution in [0.1, 0.15) is 113 Å². The summed E-state index contributed by atoms with van der Waals surface area (Å²) in [5, 5.41) is 32.9. The van der Waals surface area contributed by atoms with Gasteiger partial charge in [-0.25, -0.2) is 9.59 Å². The van der Waals surface area contributed by atoms with Crippen LogP contribution >= 0.6 is 0 Å². The molecule has 0 aromatic heterocycles. The summed E-state index contributed by atoms with van der Waals surface area (Å²) in [4.78, 5) is 25.3. The highest BCUT2D eigenvalue weighted by Gasteiger charge is 2.53. The topological polar surface area (TPSA) is 104 Å². The first-order valence-corrected chi connectivity index (χ1v) is 14.0. The number of carboxylic acid groups (broad SMARTS) is 1. The predicted molar refractivity (Wildman–Crippen MR) is 151 cm³/mol. The number of benzene rings is 3. The molecule has 0 spiro atoms. The van der Waals surface area contributed by atoms with Crippen LogP contribution in [0.5, 0.6) is 11.5 Å². The average Bonchev–Trinajstić information content (AvgIpc) is 3.16. The Labute approximate surface area is 230 Å². The van der Waals surface area contributed by atoms with E-state index in [-0.39, 0.29) is 22.6 Å². The first-order valence-electron chi connectivity index (χ1n) is 14.0. The van der Waals surface area contributed by atoms with Crippen LogP contribution in [0.3, 0.4) is 0 Å². The summed E-state index contributed by atoms with van der Waals surface area (Å²) in [6.45, 7) is 8.25. The Hall–Kier alpha value is -3.80. The van der Waals surface area contributed by atoms with Crippen molar-refractivity contribution in [3.05, 3.63) is 92.5 Å². The summed E-state index contributed by atoms with van der Waals surface area (Å²) in [5.74, 6) is -1.86. The first-order chi connectivity index (χ1) is 18.7. The molecule has 0 fully saturated rings. The van der Waals surface area contributed by atoms with Gasteiger partial charge < -0.3 is 20.1 Å². The van der Waals surface area contributed by atoms with Crippen molar-refractivity contribution >= 4 is 11.9 Å². The van der Waals surface area contributed by atoms with Crippen molar-refractivity contribution in [3.63, 3.8) is 0 Å². The third-order valence-corrected chi connectivity index (χ3v) is 7.45. The number of phenolic OH excluding ortho intramolecular Hbond substituents is 2. The zero-order chi connectivity index (χ0) is 28.3. The lowest BCUT2D eigenvalue weighted by Crippen LogP contribution is -2.33. The number of aryl methyl sites for hydroxylation is 4. The fourth-order valence-corrected chi connectivity index (χ4v) is 6.01. The standard InChI is InChI=1S/C33H38O6/c1-5-9-20-15-22(11-7-3)29(27(34)17-20)33(26-14-13-24(31(36)37)19-25(26)32(38)39-33)30-23(12-8-4)16-21(10-6-2)18-28(30)35/h13-19,34-35H,5-12H2,1-4H3,(H,36,37). The van der Waals surface area contributed by atoms with Crippen LogP contribution in [-0.4, -0.2) is 27.3 Å². The third kappa shape index (κ3) is 5.00. The molecule has 1 heterocycles. The van der Waals surface area contributed by atoms with E-state index >= 15 is 0 Å². The lowest BCUT2D eigenvalue weighted by atomic mass is 9.73. The van der Waals surface area contributed by atoms with E-state index in [4.69, 9.17) is 4.74 Å². The van der Waals surface area contributed by atoms with E-state index in [1.807, 2.05) is 13.8 Å². The molecule has 0 aliphatic carbocycles. The molecule has 3 aromatic carbocycles. The van der Waals surface area contributed by atoms with Gasteiger partial charge >= 0.3 is 11.9 Å². The quantitative estimate of drug-likeness (QED) is 0.229. The Morgan fingerprint density at radius 1 is 0.744 bits per heavy atom. The normalized spacial score (nSPS) is 13.8. The summed E-state index contributed by atoms with van der Waals surface area (Å²) >= 11 is 0. The van der Waals surface area contributed by atoms with Crippen molar-refractivity contribution in [2.24, 2.45) is 0 Å². The zero-order valence-electron chi connectivity index (χ0n) is 23.3. The number of hydrogen-bond acceptors (Lipinski definition) is 5. The molecule has 0 saturated carbocycles. The number of carbonyl (C=O) groups is 2. The molecule has 0 atom stereocenters. The van der Waals surface area contributed by atoms with Crippen LogP contribution < -0.4 is 0 Å². The smallest absolute Gasteiger partial charge is 0.340 e. The lowest BCUT2D eigenvalue weighted by molar-refractivity contribution is 0.0234. The van der Waals surface area contributed by atoms with E-state index < -0.39 is 17.5 Å². The number of fused-ring (bicyclic) bond motifs is 1. The number of ether oxygens (including phenoxy) is 1. The maximum absolute atomic E-state index is 13.5. The molecule has 0 saturated heterocycles. The minimum Gasteiger partial charge on any atom is -0.507 e. The fraction of sp³-hybridized carbons (Fsp3) is 0.394. The molecule has 206 valence electrons. The van der Waals surface area contributed by atoms with Crippen LogP contribution in [-0.2, 0) is 36.0 Å². The van der Waals surface area contributed by atoms with Gasteiger partial charge in [-0.15, -0.1) is 0 Å². The minimum absolute atomic E-state index is 0.00755. The Morgan fingerprint density at radius 3 is 1.67 bits per heavy atom. The van der Waals surface area contributed by atoms with Gasteiger partial charge in [-0.1, -0.05) is 71.6 Å². The van der Waals surface area contributed by atoms with Gasteiger partial charge in [0.1, 0.15) is 11.5 Å². The first kappa shape index (κ1) is 28.2. The number of aromatic hydroxyl groups is 2. The second-order valence-electron chi connectivity index (χ2n) is 10.4. The summed E-state index contributed by atoms with van der Waals surface area (Å²) in [6, 6.07) is 11.9. The van der Waals surface area contributed by atoms with Crippen molar-refractivity contribution in [1.82, 2.24) is 0 Å². The number of phenols is 2. The van der Waals surface area contributed by atoms with Gasteiger partial charge in [-0.2, -0.15) is 0 Å². The maximum Gasteiger partial charge on any atom is 0.340 e. The highest BCUT2D eigenvalue weighted by Crippen LogP contribution is 2.55.